The number of benzene rings is 1. The van der Waals surface area contributed by atoms with Crippen molar-refractivity contribution in [3.8, 4) is 0 Å². The molecular formula is C14H16O2S. The van der Waals surface area contributed by atoms with Gasteiger partial charge in [-0.05, 0) is 29.0 Å². The van der Waals surface area contributed by atoms with E-state index in [1.165, 1.54) is 12.7 Å². The average Bonchev–Trinajstić information content (AvgIpc) is 2.37. The molecule has 0 saturated heterocycles. The third-order valence-electron chi connectivity index (χ3n) is 3.07. The molecule has 2 nitrogen and oxygen atoms in total. The zero-order valence-electron chi connectivity index (χ0n) is 10.3. The molecule has 0 fully saturated rings. The van der Waals surface area contributed by atoms with E-state index in [2.05, 4.69) is 31.4 Å². The van der Waals surface area contributed by atoms with Gasteiger partial charge in [-0.25, -0.2) is 4.79 Å². The Morgan fingerprint density at radius 1 is 1.47 bits per heavy atom. The van der Waals surface area contributed by atoms with Gasteiger partial charge in [-0.15, -0.1) is 0 Å². The lowest BCUT2D eigenvalue weighted by Crippen LogP contribution is -2.08. The Labute approximate surface area is 106 Å². The topological polar surface area (TPSA) is 26.3 Å². The number of thioether (sulfide) groups is 1. The summed E-state index contributed by atoms with van der Waals surface area (Å²) >= 11 is 1.67. The first-order valence-corrected chi connectivity index (χ1v) is 6.63. The molecule has 1 atom stereocenters. The van der Waals surface area contributed by atoms with Crippen molar-refractivity contribution in [1.82, 2.24) is 0 Å². The normalized spacial score (nSPS) is 17.7. The minimum absolute atomic E-state index is 0.243. The first kappa shape index (κ1) is 12.2. The van der Waals surface area contributed by atoms with Crippen LogP contribution in [0.5, 0.6) is 0 Å². The second kappa shape index (κ2) is 4.96. The molecule has 90 valence electrons. The van der Waals surface area contributed by atoms with Crippen molar-refractivity contribution < 1.29 is 9.53 Å². The van der Waals surface area contributed by atoms with Crippen LogP contribution < -0.4 is 0 Å². The predicted molar refractivity (Wildman–Crippen MR) is 70.6 cm³/mol. The fourth-order valence-corrected chi connectivity index (χ4v) is 3.06. The molecule has 2 rings (SSSR count). The van der Waals surface area contributed by atoms with Gasteiger partial charge in [0.15, 0.2) is 0 Å². The fourth-order valence-electron chi connectivity index (χ4n) is 2.03. The summed E-state index contributed by atoms with van der Waals surface area (Å²) in [5, 5.41) is 2.08. The third-order valence-corrected chi connectivity index (χ3v) is 3.98. The quantitative estimate of drug-likeness (QED) is 0.745. The number of ether oxygens (including phenoxy) is 1. The van der Waals surface area contributed by atoms with Crippen LogP contribution >= 0.6 is 11.8 Å². The lowest BCUT2D eigenvalue weighted by atomic mass is 9.94. The van der Waals surface area contributed by atoms with Crippen molar-refractivity contribution in [3.63, 3.8) is 0 Å². The Hall–Kier alpha value is -1.22. The van der Waals surface area contributed by atoms with Gasteiger partial charge < -0.3 is 4.74 Å². The van der Waals surface area contributed by atoms with Gasteiger partial charge in [0, 0.05) is 10.8 Å². The van der Waals surface area contributed by atoms with Crippen LogP contribution in [-0.4, -0.2) is 13.1 Å². The summed E-state index contributed by atoms with van der Waals surface area (Å²) in [7, 11) is 1.43. The molecule has 0 amide bonds. The molecule has 0 saturated carbocycles. The molecular weight excluding hydrogens is 232 g/mol. The first-order chi connectivity index (χ1) is 8.17. The van der Waals surface area contributed by atoms with E-state index in [0.29, 0.717) is 11.5 Å². The minimum Gasteiger partial charge on any atom is -0.465 e. The molecule has 1 unspecified atom stereocenters. The number of rotatable bonds is 2. The monoisotopic (exact) mass is 248 g/mol. The summed E-state index contributed by atoms with van der Waals surface area (Å²) in [5.41, 5.74) is 3.07. The highest BCUT2D eigenvalue weighted by Gasteiger charge is 2.19. The minimum atomic E-state index is -0.243. The Bertz CT molecular complexity index is 477. The van der Waals surface area contributed by atoms with Gasteiger partial charge in [-0.3, -0.25) is 0 Å². The number of aryl methyl sites for hydroxylation is 1. The van der Waals surface area contributed by atoms with Crippen molar-refractivity contribution in [1.29, 1.82) is 0 Å². The van der Waals surface area contributed by atoms with E-state index in [-0.39, 0.29) is 5.97 Å². The molecule has 0 aliphatic carbocycles. The lowest BCUT2D eigenvalue weighted by Gasteiger charge is -2.19. The van der Waals surface area contributed by atoms with Gasteiger partial charge >= 0.3 is 5.97 Å². The number of hydrogen-bond acceptors (Lipinski definition) is 3. The van der Waals surface area contributed by atoms with Crippen LogP contribution in [0.4, 0.5) is 0 Å². The van der Waals surface area contributed by atoms with E-state index in [1.807, 2.05) is 6.07 Å². The number of carbonyl (C=O) groups is 1. The third kappa shape index (κ3) is 2.25. The molecule has 17 heavy (non-hydrogen) atoms. The highest BCUT2D eigenvalue weighted by Crippen LogP contribution is 2.37. The summed E-state index contributed by atoms with van der Waals surface area (Å²) in [6.45, 7) is 4.23. The zero-order valence-corrected chi connectivity index (χ0v) is 11.1. The van der Waals surface area contributed by atoms with Crippen molar-refractivity contribution in [2.45, 2.75) is 31.1 Å². The van der Waals surface area contributed by atoms with Gasteiger partial charge in [-0.2, -0.15) is 0 Å². The summed E-state index contributed by atoms with van der Waals surface area (Å²) in [4.78, 5) is 12.9. The van der Waals surface area contributed by atoms with Crippen molar-refractivity contribution in [2.75, 3.05) is 7.11 Å². The Balaban J connectivity index is 2.53. The lowest BCUT2D eigenvalue weighted by molar-refractivity contribution is 0.0599. The molecule has 1 heterocycles. The SMILES string of the molecule is CCc1cc2c(cc1C(=O)OC)SC=CC2C. The van der Waals surface area contributed by atoms with E-state index in [4.69, 9.17) is 4.74 Å². The van der Waals surface area contributed by atoms with Crippen molar-refractivity contribution >= 4 is 17.7 Å². The maximum atomic E-state index is 11.7. The molecule has 1 aromatic carbocycles. The number of allylic oxidation sites excluding steroid dienone is 1. The predicted octanol–water partition coefficient (Wildman–Crippen LogP) is 3.76. The molecule has 1 aliphatic heterocycles. The summed E-state index contributed by atoms with van der Waals surface area (Å²) in [6, 6.07) is 4.10. The van der Waals surface area contributed by atoms with Crippen LogP contribution in [-0.2, 0) is 11.2 Å². The van der Waals surface area contributed by atoms with Crippen LogP contribution in [0.2, 0.25) is 0 Å². The molecule has 0 bridgehead atoms. The average molecular weight is 248 g/mol. The van der Waals surface area contributed by atoms with Crippen molar-refractivity contribution in [3.05, 3.63) is 40.3 Å². The zero-order chi connectivity index (χ0) is 12.4. The fraction of sp³-hybridized carbons (Fsp3) is 0.357. The molecule has 1 aliphatic rings. The van der Waals surface area contributed by atoms with Gasteiger partial charge in [0.2, 0.25) is 0 Å². The van der Waals surface area contributed by atoms with Crippen LogP contribution in [0.15, 0.2) is 28.5 Å². The van der Waals surface area contributed by atoms with Crippen LogP contribution in [0.1, 0.15) is 41.3 Å². The van der Waals surface area contributed by atoms with E-state index in [9.17, 15) is 4.79 Å². The molecule has 1 aromatic rings. The summed E-state index contributed by atoms with van der Waals surface area (Å²) in [6.07, 6.45) is 3.03. The highest BCUT2D eigenvalue weighted by atomic mass is 32.2. The van der Waals surface area contributed by atoms with E-state index in [1.54, 1.807) is 11.8 Å². The van der Waals surface area contributed by atoms with Gasteiger partial charge in [0.1, 0.15) is 0 Å². The standard InChI is InChI=1S/C14H16O2S/c1-4-10-7-11-9(2)5-6-17-13(11)8-12(10)14(15)16-3/h5-9H,4H2,1-3H3. The smallest absolute Gasteiger partial charge is 0.338 e. The van der Waals surface area contributed by atoms with Gasteiger partial charge in [-0.1, -0.05) is 37.8 Å². The number of hydrogen-bond donors (Lipinski definition) is 0. The second-order valence-corrected chi connectivity index (χ2v) is 5.08. The van der Waals surface area contributed by atoms with Crippen molar-refractivity contribution in [2.24, 2.45) is 0 Å². The van der Waals surface area contributed by atoms with Crippen LogP contribution in [0.25, 0.3) is 0 Å². The van der Waals surface area contributed by atoms with E-state index in [0.717, 1.165) is 16.9 Å². The van der Waals surface area contributed by atoms with Crippen LogP contribution in [0, 0.1) is 0 Å². The first-order valence-electron chi connectivity index (χ1n) is 5.75. The van der Waals surface area contributed by atoms with E-state index < -0.39 is 0 Å². The maximum Gasteiger partial charge on any atom is 0.338 e. The highest BCUT2D eigenvalue weighted by molar-refractivity contribution is 8.02. The number of esters is 1. The molecule has 3 heteroatoms. The van der Waals surface area contributed by atoms with Gasteiger partial charge in [0.05, 0.1) is 12.7 Å². The summed E-state index contributed by atoms with van der Waals surface area (Å²) < 4.78 is 4.83. The summed E-state index contributed by atoms with van der Waals surface area (Å²) in [5.74, 6) is 0.177. The molecule has 0 radical (unpaired) electrons. The Morgan fingerprint density at radius 2 is 2.24 bits per heavy atom. The van der Waals surface area contributed by atoms with E-state index >= 15 is 0 Å². The molecule has 0 N–H and O–H groups in total. The molecule has 0 spiro atoms. The second-order valence-electron chi connectivity index (χ2n) is 4.13. The largest absolute Gasteiger partial charge is 0.465 e. The maximum absolute atomic E-state index is 11.7. The van der Waals surface area contributed by atoms with Crippen LogP contribution in [0.3, 0.4) is 0 Å². The number of fused-ring (bicyclic) bond motifs is 1. The number of methoxy groups -OCH3 is 1. The Morgan fingerprint density at radius 3 is 2.88 bits per heavy atom. The molecule has 0 aromatic heterocycles. The Kier molecular flexibility index (Phi) is 3.57. The van der Waals surface area contributed by atoms with Gasteiger partial charge in [0.25, 0.3) is 0 Å². The number of carbonyl (C=O) groups excluding carboxylic acids is 1.